The number of hydrogen-bond donors (Lipinski definition) is 2. The van der Waals surface area contributed by atoms with Gasteiger partial charge < -0.3 is 11.1 Å². The smallest absolute Gasteiger partial charge is 0.236 e. The van der Waals surface area contributed by atoms with Crippen LogP contribution < -0.4 is 11.1 Å². The van der Waals surface area contributed by atoms with Crippen LogP contribution in [-0.2, 0) is 11.3 Å². The zero-order valence-corrected chi connectivity index (χ0v) is 14.1. The topological polar surface area (TPSA) is 58.4 Å². The Balaban J connectivity index is 0.00000242. The van der Waals surface area contributed by atoms with Gasteiger partial charge >= 0.3 is 0 Å². The number of rotatable bonds is 4. The van der Waals surface area contributed by atoms with Crippen molar-refractivity contribution in [3.05, 3.63) is 34.6 Å². The number of carbonyl (C=O) groups is 1. The van der Waals surface area contributed by atoms with Crippen molar-refractivity contribution in [2.45, 2.75) is 38.4 Å². The van der Waals surface area contributed by atoms with Crippen molar-refractivity contribution in [1.29, 1.82) is 0 Å². The lowest BCUT2D eigenvalue weighted by Crippen LogP contribution is -2.51. The van der Waals surface area contributed by atoms with Crippen LogP contribution in [0.5, 0.6) is 0 Å². The average Bonchev–Trinajstić information content (AvgIpc) is 2.42. The van der Waals surface area contributed by atoms with Crippen molar-refractivity contribution < 1.29 is 9.18 Å². The van der Waals surface area contributed by atoms with Crippen LogP contribution in [0.2, 0.25) is 5.02 Å². The van der Waals surface area contributed by atoms with E-state index in [0.717, 1.165) is 31.5 Å². The van der Waals surface area contributed by atoms with E-state index in [0.29, 0.717) is 11.6 Å². The molecule has 1 heterocycles. The summed E-state index contributed by atoms with van der Waals surface area (Å²) in [5.74, 6) is -0.453. The molecule has 4 nitrogen and oxygen atoms in total. The standard InChI is InChI=1S/C15H21ClFN3O.ClH/c1-10(18)15(21)19-13-3-2-6-20(9-13)8-11-4-5-12(17)7-14(11)16;/h4-5,7,10,13H,2-3,6,8-9,18H2,1H3,(H,19,21);1H. The van der Waals surface area contributed by atoms with E-state index in [4.69, 9.17) is 17.3 Å². The second kappa shape index (κ2) is 8.67. The number of carbonyl (C=O) groups excluding carboxylic acids is 1. The summed E-state index contributed by atoms with van der Waals surface area (Å²) < 4.78 is 13.0. The van der Waals surface area contributed by atoms with Crippen molar-refractivity contribution in [1.82, 2.24) is 10.2 Å². The summed E-state index contributed by atoms with van der Waals surface area (Å²) in [5, 5.41) is 3.40. The molecule has 2 rings (SSSR count). The molecule has 7 heteroatoms. The maximum Gasteiger partial charge on any atom is 0.236 e. The minimum absolute atomic E-state index is 0. The third-order valence-corrected chi connectivity index (χ3v) is 4.03. The lowest BCUT2D eigenvalue weighted by atomic mass is 10.0. The quantitative estimate of drug-likeness (QED) is 0.876. The van der Waals surface area contributed by atoms with Crippen molar-refractivity contribution >= 4 is 29.9 Å². The highest BCUT2D eigenvalue weighted by molar-refractivity contribution is 6.31. The SMILES string of the molecule is CC(N)C(=O)NC1CCCN(Cc2ccc(F)cc2Cl)C1.Cl. The number of halogens is 3. The van der Waals surface area contributed by atoms with Gasteiger partial charge in [0.15, 0.2) is 0 Å². The third kappa shape index (κ3) is 5.39. The molecular formula is C15H22Cl2FN3O. The molecule has 0 spiro atoms. The maximum absolute atomic E-state index is 13.0. The highest BCUT2D eigenvalue weighted by Crippen LogP contribution is 2.21. The van der Waals surface area contributed by atoms with Crippen molar-refractivity contribution in [2.75, 3.05) is 13.1 Å². The molecule has 0 aromatic heterocycles. The van der Waals surface area contributed by atoms with Gasteiger partial charge in [-0.3, -0.25) is 9.69 Å². The zero-order chi connectivity index (χ0) is 15.4. The van der Waals surface area contributed by atoms with Gasteiger partial charge in [-0.15, -0.1) is 12.4 Å². The van der Waals surface area contributed by atoms with Gasteiger partial charge in [0.05, 0.1) is 6.04 Å². The molecule has 2 unspecified atom stereocenters. The fraction of sp³-hybridized carbons (Fsp3) is 0.533. The second-order valence-corrected chi connectivity index (χ2v) is 6.01. The van der Waals surface area contributed by atoms with Gasteiger partial charge in [0.1, 0.15) is 5.82 Å². The Kier molecular flexibility index (Phi) is 7.56. The normalized spacial score (nSPS) is 20.1. The molecule has 1 amide bonds. The highest BCUT2D eigenvalue weighted by atomic mass is 35.5. The van der Waals surface area contributed by atoms with Crippen LogP contribution in [-0.4, -0.2) is 36.0 Å². The second-order valence-electron chi connectivity index (χ2n) is 5.61. The summed E-state index contributed by atoms with van der Waals surface area (Å²) in [6.45, 7) is 4.03. The zero-order valence-electron chi connectivity index (χ0n) is 12.5. The van der Waals surface area contributed by atoms with E-state index in [1.165, 1.54) is 12.1 Å². The van der Waals surface area contributed by atoms with Crippen LogP contribution >= 0.6 is 24.0 Å². The number of nitrogens with zero attached hydrogens (tertiary/aromatic N) is 1. The van der Waals surface area contributed by atoms with Crippen molar-refractivity contribution in [3.8, 4) is 0 Å². The number of hydrogen-bond acceptors (Lipinski definition) is 3. The molecule has 1 saturated heterocycles. The molecular weight excluding hydrogens is 328 g/mol. The molecule has 0 radical (unpaired) electrons. The molecule has 1 aliphatic heterocycles. The number of benzene rings is 1. The van der Waals surface area contributed by atoms with E-state index in [1.807, 2.05) is 0 Å². The Bertz CT molecular complexity index is 514. The Morgan fingerprint density at radius 2 is 2.32 bits per heavy atom. The van der Waals surface area contributed by atoms with Crippen LogP contribution in [0.3, 0.4) is 0 Å². The predicted octanol–water partition coefficient (Wildman–Crippen LogP) is 2.33. The van der Waals surface area contributed by atoms with Crippen LogP contribution in [0.15, 0.2) is 18.2 Å². The van der Waals surface area contributed by atoms with Gasteiger partial charge in [-0.2, -0.15) is 0 Å². The molecule has 0 saturated carbocycles. The summed E-state index contributed by atoms with van der Waals surface area (Å²) in [5.41, 5.74) is 6.47. The maximum atomic E-state index is 13.0. The Labute approximate surface area is 141 Å². The summed E-state index contributed by atoms with van der Waals surface area (Å²) in [6.07, 6.45) is 1.95. The van der Waals surface area contributed by atoms with E-state index < -0.39 is 6.04 Å². The van der Waals surface area contributed by atoms with E-state index in [1.54, 1.807) is 13.0 Å². The summed E-state index contributed by atoms with van der Waals surface area (Å²) in [6, 6.07) is 4.07. The van der Waals surface area contributed by atoms with Gasteiger partial charge in [-0.05, 0) is 44.0 Å². The Morgan fingerprint density at radius 3 is 2.95 bits per heavy atom. The third-order valence-electron chi connectivity index (χ3n) is 3.67. The van der Waals surface area contributed by atoms with Crippen LogP contribution in [0.25, 0.3) is 0 Å². The lowest BCUT2D eigenvalue weighted by molar-refractivity contribution is -0.123. The van der Waals surface area contributed by atoms with E-state index in [2.05, 4.69) is 10.2 Å². The van der Waals surface area contributed by atoms with Crippen LogP contribution in [0, 0.1) is 5.82 Å². The summed E-state index contributed by atoms with van der Waals surface area (Å²) >= 11 is 6.06. The molecule has 1 aromatic rings. The monoisotopic (exact) mass is 349 g/mol. The molecule has 1 fully saturated rings. The van der Waals surface area contributed by atoms with Gasteiger partial charge in [0.2, 0.25) is 5.91 Å². The molecule has 1 aliphatic rings. The lowest BCUT2D eigenvalue weighted by Gasteiger charge is -2.33. The molecule has 124 valence electrons. The fourth-order valence-corrected chi connectivity index (χ4v) is 2.77. The first kappa shape index (κ1) is 19.2. The molecule has 1 aromatic carbocycles. The predicted molar refractivity (Wildman–Crippen MR) is 88.7 cm³/mol. The van der Waals surface area contributed by atoms with E-state index in [9.17, 15) is 9.18 Å². The van der Waals surface area contributed by atoms with Crippen molar-refractivity contribution in [3.63, 3.8) is 0 Å². The molecule has 3 N–H and O–H groups in total. The van der Waals surface area contributed by atoms with E-state index in [-0.39, 0.29) is 30.2 Å². The summed E-state index contributed by atoms with van der Waals surface area (Å²) in [4.78, 5) is 13.9. The number of amides is 1. The minimum Gasteiger partial charge on any atom is -0.351 e. The Morgan fingerprint density at radius 1 is 1.59 bits per heavy atom. The van der Waals surface area contributed by atoms with Crippen LogP contribution in [0.1, 0.15) is 25.3 Å². The molecule has 2 atom stereocenters. The van der Waals surface area contributed by atoms with Gasteiger partial charge in [-0.1, -0.05) is 17.7 Å². The fourth-order valence-electron chi connectivity index (χ4n) is 2.54. The van der Waals surface area contributed by atoms with Gasteiger partial charge in [-0.25, -0.2) is 4.39 Å². The number of likely N-dealkylation sites (tertiary alicyclic amines) is 1. The van der Waals surface area contributed by atoms with Gasteiger partial charge in [0.25, 0.3) is 0 Å². The molecule has 22 heavy (non-hydrogen) atoms. The van der Waals surface area contributed by atoms with Gasteiger partial charge in [0, 0.05) is 24.2 Å². The summed E-state index contributed by atoms with van der Waals surface area (Å²) in [7, 11) is 0. The van der Waals surface area contributed by atoms with E-state index >= 15 is 0 Å². The number of nitrogens with one attached hydrogen (secondary N) is 1. The minimum atomic E-state index is -0.494. The van der Waals surface area contributed by atoms with Crippen molar-refractivity contribution in [2.24, 2.45) is 5.73 Å². The van der Waals surface area contributed by atoms with Crippen LogP contribution in [0.4, 0.5) is 4.39 Å². The number of nitrogens with two attached hydrogens (primary N) is 1. The largest absolute Gasteiger partial charge is 0.351 e. The first-order valence-electron chi connectivity index (χ1n) is 7.18. The number of piperidine rings is 1. The Hall–Kier alpha value is -0.880. The average molecular weight is 350 g/mol. The first-order chi connectivity index (χ1) is 9.95. The first-order valence-corrected chi connectivity index (χ1v) is 7.55. The molecule has 0 bridgehead atoms. The highest BCUT2D eigenvalue weighted by Gasteiger charge is 2.22. The molecule has 0 aliphatic carbocycles.